The van der Waals surface area contributed by atoms with Crippen molar-refractivity contribution >= 4 is 23.3 Å². The summed E-state index contributed by atoms with van der Waals surface area (Å²) >= 11 is 1.61. The van der Waals surface area contributed by atoms with Crippen LogP contribution in [0.2, 0.25) is 0 Å². The first-order valence-electron chi connectivity index (χ1n) is 6.99. The molecule has 1 heterocycles. The highest BCUT2D eigenvalue weighted by atomic mass is 32.1. The number of thiophene rings is 1. The van der Waals surface area contributed by atoms with Crippen LogP contribution in [0.5, 0.6) is 0 Å². The molecule has 5 nitrogen and oxygen atoms in total. The van der Waals surface area contributed by atoms with Gasteiger partial charge in [0.05, 0.1) is 18.0 Å². The second kappa shape index (κ2) is 6.76. The molecular formula is C15H20N2O3S. The fourth-order valence-corrected chi connectivity index (χ4v) is 3.32. The first kappa shape index (κ1) is 15.6. The quantitative estimate of drug-likeness (QED) is 0.732. The topological polar surface area (TPSA) is 78.4 Å². The molecule has 0 aliphatic heterocycles. The summed E-state index contributed by atoms with van der Waals surface area (Å²) in [6.45, 7) is 4.11. The van der Waals surface area contributed by atoms with Gasteiger partial charge in [-0.2, -0.15) is 0 Å². The van der Waals surface area contributed by atoms with Gasteiger partial charge >= 0.3 is 12.0 Å². The highest BCUT2D eigenvalue weighted by Crippen LogP contribution is 2.25. The summed E-state index contributed by atoms with van der Waals surface area (Å²) in [6, 6.07) is 3.45. The number of aliphatic carboxylic acids is 1. The average Bonchev–Trinajstić information content (AvgIpc) is 3.06. The number of carboxylic acids is 1. The van der Waals surface area contributed by atoms with Gasteiger partial charge in [-0.15, -0.1) is 11.3 Å². The van der Waals surface area contributed by atoms with E-state index in [1.807, 2.05) is 17.5 Å². The number of carboxylic acid groups (broad SMARTS) is 1. The maximum atomic E-state index is 12.1. The van der Waals surface area contributed by atoms with Crippen LogP contribution < -0.4 is 10.6 Å². The summed E-state index contributed by atoms with van der Waals surface area (Å²) in [5.74, 6) is -1.08. The molecule has 0 radical (unpaired) electrons. The van der Waals surface area contributed by atoms with E-state index >= 15 is 0 Å². The van der Waals surface area contributed by atoms with Crippen molar-refractivity contribution in [1.29, 1.82) is 0 Å². The minimum Gasteiger partial charge on any atom is -0.481 e. The standard InChI is InChI=1S/C15H20N2O3S/c1-9(2)13(12-4-3-7-21-12)17-15(20)16-11-6-5-10(8-11)14(18)19/h3-7,9-11,13H,8H2,1-2H3,(H,18,19)(H2,16,17,20). The molecule has 2 amide bonds. The van der Waals surface area contributed by atoms with Crippen molar-refractivity contribution in [3.8, 4) is 0 Å². The molecule has 1 aliphatic rings. The van der Waals surface area contributed by atoms with Crippen LogP contribution in [-0.2, 0) is 4.79 Å². The Morgan fingerprint density at radius 3 is 2.67 bits per heavy atom. The van der Waals surface area contributed by atoms with Gasteiger partial charge in [-0.3, -0.25) is 4.79 Å². The van der Waals surface area contributed by atoms with Crippen LogP contribution in [0.15, 0.2) is 29.7 Å². The SMILES string of the molecule is CC(C)C(NC(=O)NC1C=CC(C(=O)O)C1)c1cccs1. The molecule has 0 spiro atoms. The largest absolute Gasteiger partial charge is 0.481 e. The average molecular weight is 308 g/mol. The first-order valence-corrected chi connectivity index (χ1v) is 7.87. The lowest BCUT2D eigenvalue weighted by Crippen LogP contribution is -2.43. The van der Waals surface area contributed by atoms with Gasteiger partial charge in [-0.05, 0) is 23.8 Å². The Morgan fingerprint density at radius 2 is 2.14 bits per heavy atom. The zero-order chi connectivity index (χ0) is 15.4. The fraction of sp³-hybridized carbons (Fsp3) is 0.467. The number of hydrogen-bond donors (Lipinski definition) is 3. The number of nitrogens with one attached hydrogen (secondary N) is 2. The van der Waals surface area contributed by atoms with Gasteiger partial charge < -0.3 is 15.7 Å². The molecule has 3 N–H and O–H groups in total. The monoisotopic (exact) mass is 308 g/mol. The summed E-state index contributed by atoms with van der Waals surface area (Å²) < 4.78 is 0. The Kier molecular flexibility index (Phi) is 5.01. The van der Waals surface area contributed by atoms with Gasteiger partial charge in [-0.25, -0.2) is 4.79 Å². The molecule has 0 aromatic carbocycles. The Labute approximate surface area is 128 Å². The predicted octanol–water partition coefficient (Wildman–Crippen LogP) is 2.77. The lowest BCUT2D eigenvalue weighted by molar-refractivity contribution is -0.140. The smallest absolute Gasteiger partial charge is 0.315 e. The number of carbonyl (C=O) groups excluding carboxylic acids is 1. The predicted molar refractivity (Wildman–Crippen MR) is 82.2 cm³/mol. The third kappa shape index (κ3) is 4.07. The Bertz CT molecular complexity index is 525. The molecule has 0 fully saturated rings. The zero-order valence-electron chi connectivity index (χ0n) is 12.1. The Balaban J connectivity index is 1.89. The third-order valence-electron chi connectivity index (χ3n) is 3.52. The maximum absolute atomic E-state index is 12.1. The molecule has 1 aromatic rings. The lowest BCUT2D eigenvalue weighted by atomic mass is 10.0. The molecule has 3 atom stereocenters. The van der Waals surface area contributed by atoms with E-state index in [9.17, 15) is 9.59 Å². The van der Waals surface area contributed by atoms with E-state index in [0.29, 0.717) is 6.42 Å². The van der Waals surface area contributed by atoms with Crippen LogP contribution in [-0.4, -0.2) is 23.1 Å². The Morgan fingerprint density at radius 1 is 1.38 bits per heavy atom. The fourth-order valence-electron chi connectivity index (χ4n) is 2.37. The van der Waals surface area contributed by atoms with Crippen molar-refractivity contribution in [3.63, 3.8) is 0 Å². The third-order valence-corrected chi connectivity index (χ3v) is 4.48. The van der Waals surface area contributed by atoms with E-state index in [0.717, 1.165) is 4.88 Å². The van der Waals surface area contributed by atoms with E-state index in [1.165, 1.54) is 0 Å². The summed E-state index contributed by atoms with van der Waals surface area (Å²) in [6.07, 6.45) is 3.79. The van der Waals surface area contributed by atoms with Crippen LogP contribution in [0, 0.1) is 11.8 Å². The molecule has 0 saturated carbocycles. The molecule has 0 saturated heterocycles. The van der Waals surface area contributed by atoms with E-state index < -0.39 is 11.9 Å². The molecule has 1 aliphatic carbocycles. The summed E-state index contributed by atoms with van der Waals surface area (Å²) in [4.78, 5) is 24.1. The minimum atomic E-state index is -0.852. The van der Waals surface area contributed by atoms with Crippen LogP contribution in [0.3, 0.4) is 0 Å². The van der Waals surface area contributed by atoms with E-state index in [1.54, 1.807) is 23.5 Å². The number of hydrogen-bond acceptors (Lipinski definition) is 3. The highest BCUT2D eigenvalue weighted by molar-refractivity contribution is 7.10. The molecule has 21 heavy (non-hydrogen) atoms. The molecule has 114 valence electrons. The number of urea groups is 1. The second-order valence-corrected chi connectivity index (χ2v) is 6.51. The number of rotatable bonds is 5. The summed E-state index contributed by atoms with van der Waals surface area (Å²) in [5.41, 5.74) is 0. The van der Waals surface area contributed by atoms with Crippen molar-refractivity contribution in [2.75, 3.05) is 0 Å². The van der Waals surface area contributed by atoms with Crippen molar-refractivity contribution < 1.29 is 14.7 Å². The lowest BCUT2D eigenvalue weighted by Gasteiger charge is -2.22. The normalized spacial score (nSPS) is 22.2. The van der Waals surface area contributed by atoms with Gasteiger partial charge in [0, 0.05) is 4.88 Å². The van der Waals surface area contributed by atoms with Crippen molar-refractivity contribution in [1.82, 2.24) is 10.6 Å². The van der Waals surface area contributed by atoms with Crippen molar-refractivity contribution in [2.45, 2.75) is 32.4 Å². The maximum Gasteiger partial charge on any atom is 0.315 e. The van der Waals surface area contributed by atoms with Gasteiger partial charge in [0.15, 0.2) is 0 Å². The molecular weight excluding hydrogens is 288 g/mol. The van der Waals surface area contributed by atoms with Crippen molar-refractivity contribution in [2.24, 2.45) is 11.8 Å². The van der Waals surface area contributed by atoms with Gasteiger partial charge in [0.2, 0.25) is 0 Å². The van der Waals surface area contributed by atoms with Crippen molar-refractivity contribution in [3.05, 3.63) is 34.5 Å². The molecule has 2 rings (SSSR count). The van der Waals surface area contributed by atoms with Crippen LogP contribution in [0.4, 0.5) is 4.79 Å². The number of carbonyl (C=O) groups is 2. The molecule has 3 unspecified atom stereocenters. The van der Waals surface area contributed by atoms with Crippen LogP contribution in [0.1, 0.15) is 31.2 Å². The van der Waals surface area contributed by atoms with E-state index in [4.69, 9.17) is 5.11 Å². The minimum absolute atomic E-state index is 0.0364. The molecule has 1 aromatic heterocycles. The highest BCUT2D eigenvalue weighted by Gasteiger charge is 2.26. The van der Waals surface area contributed by atoms with Crippen LogP contribution >= 0.6 is 11.3 Å². The van der Waals surface area contributed by atoms with E-state index in [2.05, 4.69) is 24.5 Å². The first-order chi connectivity index (χ1) is 9.97. The van der Waals surface area contributed by atoms with Gasteiger partial charge in [0.25, 0.3) is 0 Å². The molecule has 0 bridgehead atoms. The summed E-state index contributed by atoms with van der Waals surface area (Å²) in [5, 5.41) is 16.7. The van der Waals surface area contributed by atoms with E-state index in [-0.39, 0.29) is 24.0 Å². The van der Waals surface area contributed by atoms with Gasteiger partial charge in [-0.1, -0.05) is 32.1 Å². The second-order valence-electron chi connectivity index (χ2n) is 5.53. The molecule has 6 heteroatoms. The van der Waals surface area contributed by atoms with Crippen LogP contribution in [0.25, 0.3) is 0 Å². The zero-order valence-corrected chi connectivity index (χ0v) is 12.9. The van der Waals surface area contributed by atoms with Gasteiger partial charge in [0.1, 0.15) is 0 Å². The number of amides is 2. The summed E-state index contributed by atoms with van der Waals surface area (Å²) in [7, 11) is 0. The Hall–Kier alpha value is -1.82.